The number of nitrogens with zero attached hydrogens (tertiary/aromatic N) is 1. The lowest BCUT2D eigenvalue weighted by Gasteiger charge is -2.36. The molecular formula is C14H21NO4. The van der Waals surface area contributed by atoms with Crippen LogP contribution in [-0.2, 0) is 11.2 Å². The standard InChI is InChI=1S/C14H21NO4/c1-14(2,3)15(4)10(13(18)19)7-9-5-6-11(16)12(17)8-9/h5-6,8,10,16-17H,7H2,1-4H3,(H,18,19). The zero-order valence-electron chi connectivity index (χ0n) is 11.7. The molecule has 1 aromatic carbocycles. The van der Waals surface area contributed by atoms with Gasteiger partial charge in [-0.05, 0) is 51.9 Å². The van der Waals surface area contributed by atoms with Crippen LogP contribution in [-0.4, -0.2) is 44.8 Å². The fourth-order valence-electron chi connectivity index (χ4n) is 1.78. The lowest BCUT2D eigenvalue weighted by atomic mass is 9.99. The predicted octanol–water partition coefficient (Wildman–Crippen LogP) is 1.82. The van der Waals surface area contributed by atoms with Crippen LogP contribution in [0.2, 0.25) is 0 Å². The van der Waals surface area contributed by atoms with Gasteiger partial charge in [0.15, 0.2) is 11.5 Å². The molecule has 0 saturated heterocycles. The third kappa shape index (κ3) is 3.86. The third-order valence-corrected chi connectivity index (χ3v) is 3.28. The van der Waals surface area contributed by atoms with Crippen molar-refractivity contribution in [1.29, 1.82) is 0 Å². The molecule has 5 nitrogen and oxygen atoms in total. The van der Waals surface area contributed by atoms with Crippen LogP contribution in [0.25, 0.3) is 0 Å². The Bertz CT molecular complexity index is 465. The van der Waals surface area contributed by atoms with E-state index in [1.54, 1.807) is 18.0 Å². The van der Waals surface area contributed by atoms with Gasteiger partial charge in [-0.25, -0.2) is 0 Å². The summed E-state index contributed by atoms with van der Waals surface area (Å²) in [6.45, 7) is 5.83. The highest BCUT2D eigenvalue weighted by molar-refractivity contribution is 5.74. The van der Waals surface area contributed by atoms with Crippen LogP contribution in [0.4, 0.5) is 0 Å². The van der Waals surface area contributed by atoms with Gasteiger partial charge in [-0.3, -0.25) is 9.69 Å². The van der Waals surface area contributed by atoms with E-state index in [9.17, 15) is 20.1 Å². The highest BCUT2D eigenvalue weighted by Gasteiger charge is 2.30. The number of aliphatic carboxylic acids is 1. The number of benzene rings is 1. The third-order valence-electron chi connectivity index (χ3n) is 3.28. The Morgan fingerprint density at radius 2 is 1.84 bits per heavy atom. The van der Waals surface area contributed by atoms with Gasteiger partial charge in [0, 0.05) is 5.54 Å². The monoisotopic (exact) mass is 267 g/mol. The van der Waals surface area contributed by atoms with Gasteiger partial charge in [0.05, 0.1) is 0 Å². The maximum Gasteiger partial charge on any atom is 0.321 e. The number of rotatable bonds is 4. The fourth-order valence-corrected chi connectivity index (χ4v) is 1.78. The second-order valence-corrected chi connectivity index (χ2v) is 5.66. The zero-order valence-corrected chi connectivity index (χ0v) is 11.7. The minimum atomic E-state index is -0.912. The molecule has 0 heterocycles. The van der Waals surface area contributed by atoms with Crippen molar-refractivity contribution in [3.05, 3.63) is 23.8 Å². The number of likely N-dealkylation sites (N-methyl/N-ethyl adjacent to an activating group) is 1. The number of carboxylic acid groups (broad SMARTS) is 1. The quantitative estimate of drug-likeness (QED) is 0.725. The molecule has 0 aliphatic rings. The summed E-state index contributed by atoms with van der Waals surface area (Å²) in [5.41, 5.74) is 0.390. The number of hydrogen-bond acceptors (Lipinski definition) is 4. The highest BCUT2D eigenvalue weighted by atomic mass is 16.4. The van der Waals surface area contributed by atoms with Crippen LogP contribution in [0.5, 0.6) is 11.5 Å². The molecule has 0 bridgehead atoms. The van der Waals surface area contributed by atoms with Gasteiger partial charge in [-0.15, -0.1) is 0 Å². The minimum absolute atomic E-state index is 0.209. The highest BCUT2D eigenvalue weighted by Crippen LogP contribution is 2.26. The van der Waals surface area contributed by atoms with Gasteiger partial charge >= 0.3 is 5.97 Å². The predicted molar refractivity (Wildman–Crippen MR) is 72.4 cm³/mol. The molecule has 1 atom stereocenters. The SMILES string of the molecule is CN(C(Cc1ccc(O)c(O)c1)C(=O)O)C(C)(C)C. The lowest BCUT2D eigenvalue weighted by molar-refractivity contribution is -0.144. The molecule has 0 amide bonds. The number of phenolic OH excluding ortho intramolecular Hbond substituents is 2. The smallest absolute Gasteiger partial charge is 0.321 e. The Balaban J connectivity index is 2.96. The van der Waals surface area contributed by atoms with Crippen LogP contribution in [0.3, 0.4) is 0 Å². The average molecular weight is 267 g/mol. The van der Waals surface area contributed by atoms with Gasteiger partial charge in [-0.2, -0.15) is 0 Å². The van der Waals surface area contributed by atoms with Gasteiger partial charge in [-0.1, -0.05) is 6.07 Å². The summed E-state index contributed by atoms with van der Waals surface area (Å²) >= 11 is 0. The largest absolute Gasteiger partial charge is 0.504 e. The summed E-state index contributed by atoms with van der Waals surface area (Å²) in [7, 11) is 1.76. The Morgan fingerprint density at radius 1 is 1.26 bits per heavy atom. The van der Waals surface area contributed by atoms with Crippen molar-refractivity contribution in [3.63, 3.8) is 0 Å². The van der Waals surface area contributed by atoms with E-state index in [1.165, 1.54) is 12.1 Å². The van der Waals surface area contributed by atoms with E-state index in [4.69, 9.17) is 0 Å². The number of carboxylic acids is 1. The molecule has 1 aromatic rings. The first-order valence-electron chi connectivity index (χ1n) is 6.09. The zero-order chi connectivity index (χ0) is 14.8. The molecule has 1 unspecified atom stereocenters. The second-order valence-electron chi connectivity index (χ2n) is 5.66. The van der Waals surface area contributed by atoms with E-state index >= 15 is 0 Å². The molecular weight excluding hydrogens is 246 g/mol. The summed E-state index contributed by atoms with van der Waals surface area (Å²) in [5, 5.41) is 28.0. The molecule has 0 aliphatic heterocycles. The second kappa shape index (κ2) is 5.48. The molecule has 3 N–H and O–H groups in total. The van der Waals surface area contributed by atoms with Crippen molar-refractivity contribution in [2.75, 3.05) is 7.05 Å². The summed E-state index contributed by atoms with van der Waals surface area (Å²) in [6, 6.07) is 3.67. The molecule has 0 fully saturated rings. The van der Waals surface area contributed by atoms with Crippen LogP contribution < -0.4 is 0 Å². The molecule has 0 radical (unpaired) electrons. The fraction of sp³-hybridized carbons (Fsp3) is 0.500. The van der Waals surface area contributed by atoms with E-state index in [2.05, 4.69) is 0 Å². The maximum absolute atomic E-state index is 11.4. The van der Waals surface area contributed by atoms with Gasteiger partial charge in [0.25, 0.3) is 0 Å². The van der Waals surface area contributed by atoms with Crippen molar-refractivity contribution in [1.82, 2.24) is 4.90 Å². The summed E-state index contributed by atoms with van der Waals surface area (Å²) < 4.78 is 0. The molecule has 0 saturated carbocycles. The van der Waals surface area contributed by atoms with E-state index in [-0.39, 0.29) is 23.5 Å². The summed E-state index contributed by atoms with van der Waals surface area (Å²) in [4.78, 5) is 13.2. The Hall–Kier alpha value is -1.75. The van der Waals surface area contributed by atoms with Crippen molar-refractivity contribution in [3.8, 4) is 11.5 Å². The maximum atomic E-state index is 11.4. The average Bonchev–Trinajstić information content (AvgIpc) is 2.28. The molecule has 5 heteroatoms. The van der Waals surface area contributed by atoms with Crippen LogP contribution in [0.15, 0.2) is 18.2 Å². The van der Waals surface area contributed by atoms with Crippen molar-refractivity contribution in [2.24, 2.45) is 0 Å². The van der Waals surface area contributed by atoms with Crippen molar-refractivity contribution >= 4 is 5.97 Å². The number of phenols is 2. The van der Waals surface area contributed by atoms with E-state index in [1.807, 2.05) is 20.8 Å². The van der Waals surface area contributed by atoms with Crippen LogP contribution in [0, 0.1) is 0 Å². The van der Waals surface area contributed by atoms with E-state index < -0.39 is 12.0 Å². The van der Waals surface area contributed by atoms with Gasteiger partial charge in [0.2, 0.25) is 0 Å². The molecule has 0 aromatic heterocycles. The molecule has 19 heavy (non-hydrogen) atoms. The first-order valence-corrected chi connectivity index (χ1v) is 6.09. The van der Waals surface area contributed by atoms with Crippen LogP contribution >= 0.6 is 0 Å². The summed E-state index contributed by atoms with van der Waals surface area (Å²) in [6.07, 6.45) is 0.261. The first-order chi connectivity index (χ1) is 8.62. The Labute approximate surface area is 113 Å². The van der Waals surface area contributed by atoms with Crippen molar-refractivity contribution < 1.29 is 20.1 Å². The first kappa shape index (κ1) is 15.3. The Kier molecular flexibility index (Phi) is 4.42. The lowest BCUT2D eigenvalue weighted by Crippen LogP contribution is -2.50. The van der Waals surface area contributed by atoms with Crippen molar-refractivity contribution in [2.45, 2.75) is 38.8 Å². The topological polar surface area (TPSA) is 81.0 Å². The molecule has 106 valence electrons. The number of carbonyl (C=O) groups is 1. The Morgan fingerprint density at radius 3 is 2.26 bits per heavy atom. The van der Waals surface area contributed by atoms with E-state index in [0.29, 0.717) is 5.56 Å². The molecule has 0 aliphatic carbocycles. The van der Waals surface area contributed by atoms with E-state index in [0.717, 1.165) is 0 Å². The molecule has 0 spiro atoms. The number of hydrogen-bond donors (Lipinski definition) is 3. The molecule has 1 rings (SSSR count). The normalized spacial score (nSPS) is 13.5. The number of aromatic hydroxyl groups is 2. The minimum Gasteiger partial charge on any atom is -0.504 e. The van der Waals surface area contributed by atoms with Crippen LogP contribution in [0.1, 0.15) is 26.3 Å². The van der Waals surface area contributed by atoms with Gasteiger partial charge < -0.3 is 15.3 Å². The summed E-state index contributed by atoms with van der Waals surface area (Å²) in [5.74, 6) is -1.36. The van der Waals surface area contributed by atoms with Gasteiger partial charge in [0.1, 0.15) is 6.04 Å².